The molecule has 2 aliphatic rings. The quantitative estimate of drug-likeness (QED) is 0.162. The Balaban J connectivity index is 1.55. The fourth-order valence-corrected chi connectivity index (χ4v) is 6.69. The summed E-state index contributed by atoms with van der Waals surface area (Å²) < 4.78 is 0. The molecule has 0 aromatic heterocycles. The molecular formula is C31H37Cl4N5O5. The molecule has 2 aliphatic heterocycles. The van der Waals surface area contributed by atoms with Crippen molar-refractivity contribution in [3.05, 3.63) is 67.6 Å². The molecule has 0 saturated carbocycles. The highest BCUT2D eigenvalue weighted by atomic mass is 35.5. The first-order chi connectivity index (χ1) is 21.5. The van der Waals surface area contributed by atoms with Gasteiger partial charge in [-0.05, 0) is 74.5 Å². The summed E-state index contributed by atoms with van der Waals surface area (Å²) in [6.45, 7) is 2.73. The van der Waals surface area contributed by atoms with Crippen LogP contribution in [0, 0.1) is 0 Å². The molecule has 1 unspecified atom stereocenters. The molecule has 10 nitrogen and oxygen atoms in total. The molecule has 4 rings (SSSR count). The van der Waals surface area contributed by atoms with E-state index in [1.54, 1.807) is 25.2 Å². The summed E-state index contributed by atoms with van der Waals surface area (Å²) in [5.74, 6) is -1.25. The molecule has 2 aromatic rings. The van der Waals surface area contributed by atoms with Gasteiger partial charge in [-0.1, -0.05) is 57.6 Å². The maximum atomic E-state index is 13.4. The summed E-state index contributed by atoms with van der Waals surface area (Å²) in [5, 5.41) is 14.6. The summed E-state index contributed by atoms with van der Waals surface area (Å²) in [5.41, 5.74) is 3.08. The number of oxime groups is 1. The molecule has 3 amide bonds. The lowest BCUT2D eigenvalue weighted by Gasteiger charge is -2.40. The number of hydroxylamine groups is 1. The van der Waals surface area contributed by atoms with Crippen LogP contribution in [-0.2, 0) is 14.4 Å². The van der Waals surface area contributed by atoms with Crippen LogP contribution in [0.15, 0.2) is 41.6 Å². The fourth-order valence-electron chi connectivity index (χ4n) is 5.86. The summed E-state index contributed by atoms with van der Waals surface area (Å²) in [4.78, 5) is 48.8. The second-order valence-electron chi connectivity index (χ2n) is 11.3. The normalized spacial score (nSPS) is 17.2. The van der Waals surface area contributed by atoms with Gasteiger partial charge in [-0.25, -0.2) is 5.48 Å². The zero-order valence-corrected chi connectivity index (χ0v) is 28.0. The van der Waals surface area contributed by atoms with Crippen LogP contribution in [0.1, 0.15) is 60.4 Å². The van der Waals surface area contributed by atoms with E-state index in [1.807, 2.05) is 6.07 Å². The Morgan fingerprint density at radius 3 is 2.40 bits per heavy atom. The van der Waals surface area contributed by atoms with Gasteiger partial charge in [-0.15, -0.1) is 0 Å². The first-order valence-electron chi connectivity index (χ1n) is 14.9. The number of piperidine rings is 2. The molecule has 2 fully saturated rings. The van der Waals surface area contributed by atoms with Crippen molar-refractivity contribution in [1.29, 1.82) is 0 Å². The smallest absolute Gasteiger partial charge is 0.284 e. The van der Waals surface area contributed by atoms with Crippen molar-refractivity contribution in [2.45, 2.75) is 50.5 Å². The van der Waals surface area contributed by atoms with Crippen LogP contribution in [-0.4, -0.2) is 95.8 Å². The molecule has 2 saturated heterocycles. The molecule has 0 aliphatic carbocycles. The molecule has 0 spiro atoms. The summed E-state index contributed by atoms with van der Waals surface area (Å²) in [7, 11) is 1.62. The van der Waals surface area contributed by atoms with Crippen LogP contribution in [0.4, 0.5) is 0 Å². The van der Waals surface area contributed by atoms with Crippen LogP contribution >= 0.6 is 46.4 Å². The summed E-state index contributed by atoms with van der Waals surface area (Å²) in [6, 6.07) is 10.2. The van der Waals surface area contributed by atoms with E-state index >= 15 is 0 Å². The van der Waals surface area contributed by atoms with Gasteiger partial charge in [0.2, 0.25) is 5.91 Å². The van der Waals surface area contributed by atoms with E-state index in [-0.39, 0.29) is 30.3 Å². The Bertz CT molecular complexity index is 1380. The van der Waals surface area contributed by atoms with Crippen LogP contribution in [0.5, 0.6) is 0 Å². The highest BCUT2D eigenvalue weighted by Gasteiger charge is 2.30. The third kappa shape index (κ3) is 9.94. The molecule has 2 aromatic carbocycles. The van der Waals surface area contributed by atoms with Gasteiger partial charge >= 0.3 is 0 Å². The summed E-state index contributed by atoms with van der Waals surface area (Å²) in [6.07, 6.45) is 5.06. The Morgan fingerprint density at radius 1 is 1.04 bits per heavy atom. The average molecular weight is 701 g/mol. The number of nitrogens with one attached hydrogen (secondary N) is 1. The van der Waals surface area contributed by atoms with Gasteiger partial charge in [0, 0.05) is 60.7 Å². The molecule has 1 atom stereocenters. The number of amides is 3. The molecule has 14 heteroatoms. The third-order valence-corrected chi connectivity index (χ3v) is 9.37. The first-order valence-corrected chi connectivity index (χ1v) is 16.4. The van der Waals surface area contributed by atoms with Crippen molar-refractivity contribution in [3.63, 3.8) is 0 Å². The zero-order valence-electron chi connectivity index (χ0n) is 25.0. The van der Waals surface area contributed by atoms with Crippen molar-refractivity contribution in [3.8, 4) is 0 Å². The second kappa shape index (κ2) is 16.8. The Labute approximate surface area is 283 Å². The third-order valence-electron chi connectivity index (χ3n) is 8.20. The van der Waals surface area contributed by atoms with E-state index in [0.29, 0.717) is 50.8 Å². The molecule has 244 valence electrons. The molecule has 2 heterocycles. The van der Waals surface area contributed by atoms with Gasteiger partial charge in [-0.2, -0.15) is 0 Å². The van der Waals surface area contributed by atoms with Crippen LogP contribution in [0.25, 0.3) is 0 Å². The van der Waals surface area contributed by atoms with Gasteiger partial charge < -0.3 is 19.5 Å². The van der Waals surface area contributed by atoms with E-state index in [1.165, 1.54) is 22.5 Å². The Kier molecular flexibility index (Phi) is 13.2. The van der Waals surface area contributed by atoms with E-state index in [4.69, 9.17) is 56.4 Å². The lowest BCUT2D eigenvalue weighted by atomic mass is 9.89. The van der Waals surface area contributed by atoms with Crippen molar-refractivity contribution in [1.82, 2.24) is 20.2 Å². The monoisotopic (exact) mass is 699 g/mol. The van der Waals surface area contributed by atoms with Crippen molar-refractivity contribution < 1.29 is 24.4 Å². The number of carbonyl (C=O) groups is 3. The van der Waals surface area contributed by atoms with Gasteiger partial charge in [0.15, 0.2) is 6.61 Å². The maximum absolute atomic E-state index is 13.4. The van der Waals surface area contributed by atoms with Crippen molar-refractivity contribution >= 4 is 69.8 Å². The van der Waals surface area contributed by atoms with E-state index < -0.39 is 12.5 Å². The lowest BCUT2D eigenvalue weighted by molar-refractivity contribution is -0.137. The second-order valence-corrected chi connectivity index (χ2v) is 13.0. The number of benzene rings is 2. The fraction of sp³-hybridized carbons (Fsp3) is 0.484. The van der Waals surface area contributed by atoms with Crippen LogP contribution < -0.4 is 5.48 Å². The highest BCUT2D eigenvalue weighted by Crippen LogP contribution is 2.31. The largest absolute Gasteiger partial charge is 0.386 e. The Morgan fingerprint density at radius 2 is 1.76 bits per heavy atom. The van der Waals surface area contributed by atoms with Gasteiger partial charge in [0.1, 0.15) is 0 Å². The molecular weight excluding hydrogens is 664 g/mol. The number of nitrogens with zero attached hydrogens (tertiary/aromatic N) is 4. The minimum Gasteiger partial charge on any atom is -0.386 e. The SMILES string of the molecule is CN(C/C(=N\OCC(=O)NO)C(CCN1CCC(N2CCCCC2=O)CC1)c1ccc(Cl)c(Cl)c1)C(=O)c1cc(Cl)cc(Cl)c1. The van der Waals surface area contributed by atoms with Gasteiger partial charge in [0.25, 0.3) is 11.8 Å². The van der Waals surface area contributed by atoms with Crippen LogP contribution in [0.2, 0.25) is 20.1 Å². The molecule has 2 N–H and O–H groups in total. The number of likely N-dealkylation sites (tertiary alicyclic amines) is 2. The van der Waals surface area contributed by atoms with E-state index in [9.17, 15) is 14.4 Å². The molecule has 45 heavy (non-hydrogen) atoms. The Hall–Kier alpha value is -2.60. The van der Waals surface area contributed by atoms with E-state index in [2.05, 4.69) is 15.0 Å². The van der Waals surface area contributed by atoms with Crippen molar-refractivity contribution in [2.75, 3.05) is 46.4 Å². The van der Waals surface area contributed by atoms with Gasteiger partial charge in [0.05, 0.1) is 22.3 Å². The molecule has 0 radical (unpaired) electrons. The number of carbonyl (C=O) groups excluding carboxylic acids is 3. The highest BCUT2D eigenvalue weighted by molar-refractivity contribution is 6.42. The van der Waals surface area contributed by atoms with Gasteiger partial charge in [-0.3, -0.25) is 19.6 Å². The predicted octanol–water partition coefficient (Wildman–Crippen LogP) is 5.90. The molecule has 0 bridgehead atoms. The average Bonchev–Trinajstić information content (AvgIpc) is 3.02. The first kappa shape index (κ1) is 35.3. The summed E-state index contributed by atoms with van der Waals surface area (Å²) >= 11 is 25.0. The number of hydrogen-bond acceptors (Lipinski definition) is 7. The topological polar surface area (TPSA) is 115 Å². The lowest BCUT2D eigenvalue weighted by Crippen LogP contribution is -2.49. The zero-order chi connectivity index (χ0) is 32.5. The minimum atomic E-state index is -0.780. The minimum absolute atomic E-state index is 0.0355. The van der Waals surface area contributed by atoms with Crippen molar-refractivity contribution in [2.24, 2.45) is 5.16 Å². The predicted molar refractivity (Wildman–Crippen MR) is 176 cm³/mol. The number of halogens is 4. The standard InChI is InChI=1S/C31H37Cl4N5O5/c1-38(31(43)21-14-22(32)17-23(33)15-21)18-28(37-45-19-29(41)36-44)25(20-5-6-26(34)27(35)16-20)9-13-39-11-7-24(8-12-39)40-10-3-2-4-30(40)42/h5-6,14-17,24-25,44H,2-4,7-13,18-19H2,1H3,(H,36,41)/b37-28+. The maximum Gasteiger partial charge on any atom is 0.284 e. The number of hydrogen-bond donors (Lipinski definition) is 2. The van der Waals surface area contributed by atoms with E-state index in [0.717, 1.165) is 50.9 Å². The number of rotatable bonds is 12. The van der Waals surface area contributed by atoms with Crippen LogP contribution in [0.3, 0.4) is 0 Å².